The van der Waals surface area contributed by atoms with Crippen LogP contribution in [0.15, 0.2) is 29.3 Å². The number of nitrogens with zero attached hydrogens (tertiary/aromatic N) is 2. The van der Waals surface area contributed by atoms with E-state index in [2.05, 4.69) is 65.7 Å². The number of guanidine groups is 1. The fraction of sp³-hybridized carbons (Fsp3) is 0.650. The number of hydrogen-bond acceptors (Lipinski definition) is 3. The predicted octanol–water partition coefficient (Wildman–Crippen LogP) is 3.66. The maximum atomic E-state index is 5.30. The fourth-order valence-corrected chi connectivity index (χ4v) is 3.56. The van der Waals surface area contributed by atoms with Crippen LogP contribution in [-0.4, -0.2) is 51.2 Å². The lowest BCUT2D eigenvalue weighted by atomic mass is 9.85. The zero-order chi connectivity index (χ0) is 18.2. The van der Waals surface area contributed by atoms with Crippen LogP contribution < -0.4 is 15.4 Å². The number of nitrogens with one attached hydrogen (secondary N) is 2. The lowest BCUT2D eigenvalue weighted by molar-refractivity contribution is 0.122. The quantitative estimate of drug-likeness (QED) is 0.376. The highest BCUT2D eigenvalue weighted by Crippen LogP contribution is 2.35. The Hall–Kier alpha value is -1.02. The Morgan fingerprint density at radius 1 is 1.35 bits per heavy atom. The SMILES string of the molecule is CCC(C)NC(=NC)NCC1CCCN(C)C1c1ccc(OC)cc1.I. The largest absolute Gasteiger partial charge is 0.497 e. The van der Waals surface area contributed by atoms with E-state index < -0.39 is 0 Å². The van der Waals surface area contributed by atoms with Crippen LogP contribution in [0.1, 0.15) is 44.7 Å². The first-order valence-corrected chi connectivity index (χ1v) is 9.40. The highest BCUT2D eigenvalue weighted by Gasteiger charge is 2.30. The number of ether oxygens (including phenoxy) is 1. The van der Waals surface area contributed by atoms with Crippen LogP contribution in [0.3, 0.4) is 0 Å². The molecule has 6 heteroatoms. The molecule has 5 nitrogen and oxygen atoms in total. The monoisotopic (exact) mass is 474 g/mol. The van der Waals surface area contributed by atoms with Gasteiger partial charge in [0, 0.05) is 25.7 Å². The lowest BCUT2D eigenvalue weighted by Crippen LogP contribution is -2.46. The van der Waals surface area contributed by atoms with E-state index in [9.17, 15) is 0 Å². The average molecular weight is 474 g/mol. The second kappa shape index (κ2) is 11.6. The molecule has 2 rings (SSSR count). The third kappa shape index (κ3) is 6.30. The first-order valence-electron chi connectivity index (χ1n) is 9.40. The molecule has 26 heavy (non-hydrogen) atoms. The van der Waals surface area contributed by atoms with Crippen molar-refractivity contribution in [2.75, 3.05) is 34.3 Å². The van der Waals surface area contributed by atoms with Crippen molar-refractivity contribution >= 4 is 29.9 Å². The number of piperidine rings is 1. The third-order valence-corrected chi connectivity index (χ3v) is 5.22. The summed E-state index contributed by atoms with van der Waals surface area (Å²) in [7, 11) is 5.78. The normalized spacial score (nSPS) is 22.3. The molecule has 3 atom stereocenters. The molecule has 3 unspecified atom stereocenters. The summed E-state index contributed by atoms with van der Waals surface area (Å²) in [4.78, 5) is 6.84. The van der Waals surface area contributed by atoms with E-state index in [1.165, 1.54) is 18.4 Å². The number of methoxy groups -OCH3 is 1. The second-order valence-electron chi connectivity index (χ2n) is 7.01. The fourth-order valence-electron chi connectivity index (χ4n) is 3.56. The summed E-state index contributed by atoms with van der Waals surface area (Å²) in [5.41, 5.74) is 1.36. The Bertz CT molecular complexity index is 549. The van der Waals surface area contributed by atoms with Gasteiger partial charge in [0.25, 0.3) is 0 Å². The van der Waals surface area contributed by atoms with Gasteiger partial charge in [-0.3, -0.25) is 9.89 Å². The van der Waals surface area contributed by atoms with Crippen molar-refractivity contribution in [3.8, 4) is 5.75 Å². The van der Waals surface area contributed by atoms with Crippen LogP contribution in [0.4, 0.5) is 0 Å². The van der Waals surface area contributed by atoms with Crippen molar-refractivity contribution in [3.05, 3.63) is 29.8 Å². The topological polar surface area (TPSA) is 48.9 Å². The number of hydrogen-bond donors (Lipinski definition) is 2. The van der Waals surface area contributed by atoms with Gasteiger partial charge in [0.05, 0.1) is 7.11 Å². The summed E-state index contributed by atoms with van der Waals surface area (Å²) in [5, 5.41) is 6.98. The van der Waals surface area contributed by atoms with Gasteiger partial charge >= 0.3 is 0 Å². The zero-order valence-electron chi connectivity index (χ0n) is 16.8. The molecule has 0 aliphatic carbocycles. The van der Waals surface area contributed by atoms with Crippen LogP contribution in [0.25, 0.3) is 0 Å². The summed E-state index contributed by atoms with van der Waals surface area (Å²) in [6, 6.07) is 9.37. The molecule has 1 saturated heterocycles. The minimum atomic E-state index is 0. The molecule has 148 valence electrons. The summed E-state index contributed by atoms with van der Waals surface area (Å²) in [6.07, 6.45) is 3.56. The summed E-state index contributed by atoms with van der Waals surface area (Å²) >= 11 is 0. The second-order valence-corrected chi connectivity index (χ2v) is 7.01. The molecule has 0 amide bonds. The summed E-state index contributed by atoms with van der Waals surface area (Å²) in [6.45, 7) is 6.44. The van der Waals surface area contributed by atoms with Crippen molar-refractivity contribution in [1.29, 1.82) is 0 Å². The zero-order valence-corrected chi connectivity index (χ0v) is 19.1. The van der Waals surface area contributed by atoms with Crippen molar-refractivity contribution in [2.45, 2.75) is 45.2 Å². The van der Waals surface area contributed by atoms with E-state index in [4.69, 9.17) is 4.74 Å². The lowest BCUT2D eigenvalue weighted by Gasteiger charge is -2.40. The van der Waals surface area contributed by atoms with Gasteiger partial charge in [0.2, 0.25) is 0 Å². The molecule has 0 radical (unpaired) electrons. The van der Waals surface area contributed by atoms with Crippen molar-refractivity contribution in [1.82, 2.24) is 15.5 Å². The van der Waals surface area contributed by atoms with Crippen LogP contribution >= 0.6 is 24.0 Å². The van der Waals surface area contributed by atoms with Crippen LogP contribution in [-0.2, 0) is 0 Å². The van der Waals surface area contributed by atoms with Gasteiger partial charge in [-0.05, 0) is 63.4 Å². The van der Waals surface area contributed by atoms with Gasteiger partial charge in [-0.15, -0.1) is 24.0 Å². The number of halogens is 1. The number of benzene rings is 1. The molecule has 2 N–H and O–H groups in total. The highest BCUT2D eigenvalue weighted by molar-refractivity contribution is 14.0. The maximum absolute atomic E-state index is 5.30. The first-order chi connectivity index (χ1) is 12.1. The molecule has 1 fully saturated rings. The van der Waals surface area contributed by atoms with E-state index >= 15 is 0 Å². The van der Waals surface area contributed by atoms with E-state index in [0.717, 1.165) is 31.2 Å². The minimum absolute atomic E-state index is 0. The van der Waals surface area contributed by atoms with Gasteiger partial charge in [0.1, 0.15) is 5.75 Å². The van der Waals surface area contributed by atoms with E-state index in [0.29, 0.717) is 18.0 Å². The van der Waals surface area contributed by atoms with Gasteiger partial charge in [-0.25, -0.2) is 0 Å². The molecule has 1 aromatic carbocycles. The Kier molecular flexibility index (Phi) is 10.3. The van der Waals surface area contributed by atoms with Gasteiger partial charge in [0.15, 0.2) is 5.96 Å². The molecule has 1 aliphatic rings. The molecule has 0 spiro atoms. The van der Waals surface area contributed by atoms with Gasteiger partial charge < -0.3 is 15.4 Å². The third-order valence-electron chi connectivity index (χ3n) is 5.22. The first kappa shape index (κ1) is 23.0. The number of rotatable bonds is 6. The van der Waals surface area contributed by atoms with Crippen LogP contribution in [0.2, 0.25) is 0 Å². The smallest absolute Gasteiger partial charge is 0.191 e. The Labute approximate surface area is 176 Å². The van der Waals surface area contributed by atoms with Crippen LogP contribution in [0, 0.1) is 5.92 Å². The Morgan fingerprint density at radius 2 is 2.04 bits per heavy atom. The predicted molar refractivity (Wildman–Crippen MR) is 121 cm³/mol. The number of likely N-dealkylation sites (tertiary alicyclic amines) is 1. The molecule has 1 aromatic rings. The van der Waals surface area contributed by atoms with Gasteiger partial charge in [-0.2, -0.15) is 0 Å². The summed E-state index contributed by atoms with van der Waals surface area (Å²) < 4.78 is 5.30. The van der Waals surface area contributed by atoms with Crippen molar-refractivity contribution in [3.63, 3.8) is 0 Å². The molecule has 1 heterocycles. The maximum Gasteiger partial charge on any atom is 0.191 e. The highest BCUT2D eigenvalue weighted by atomic mass is 127. The van der Waals surface area contributed by atoms with Gasteiger partial charge in [-0.1, -0.05) is 19.1 Å². The van der Waals surface area contributed by atoms with E-state index in [1.807, 2.05) is 7.05 Å². The van der Waals surface area contributed by atoms with Crippen LogP contribution in [0.5, 0.6) is 5.75 Å². The average Bonchev–Trinajstić information content (AvgIpc) is 2.65. The Balaban J connectivity index is 0.00000338. The Morgan fingerprint density at radius 3 is 2.62 bits per heavy atom. The summed E-state index contributed by atoms with van der Waals surface area (Å²) in [5.74, 6) is 2.37. The standard InChI is InChI=1S/C20H34N4O.HI/c1-6-15(2)23-20(21-3)22-14-17-8-7-13-24(4)19(17)16-9-11-18(25-5)12-10-16;/h9-12,15,17,19H,6-8,13-14H2,1-5H3,(H2,21,22,23);1H. The van der Waals surface area contributed by atoms with Crippen molar-refractivity contribution in [2.24, 2.45) is 10.9 Å². The van der Waals surface area contributed by atoms with E-state index in [1.54, 1.807) is 7.11 Å². The number of aliphatic imine (C=N–C) groups is 1. The molecule has 0 aromatic heterocycles. The molecule has 1 aliphatic heterocycles. The molecular weight excluding hydrogens is 439 g/mol. The van der Waals surface area contributed by atoms with Crippen molar-refractivity contribution < 1.29 is 4.74 Å². The van der Waals surface area contributed by atoms with E-state index in [-0.39, 0.29) is 24.0 Å². The molecule has 0 bridgehead atoms. The molecule has 0 saturated carbocycles. The minimum Gasteiger partial charge on any atom is -0.497 e. The molecular formula is C20H35IN4O.